The molecule has 0 atom stereocenters. The number of rotatable bonds is 7. The molecule has 0 aliphatic rings. The summed E-state index contributed by atoms with van der Waals surface area (Å²) >= 11 is 0. The smallest absolute Gasteiger partial charge is 0.290 e. The molecule has 4 heteroatoms. The molecule has 0 heterocycles. The highest BCUT2D eigenvalue weighted by molar-refractivity contribution is 7.19. The number of benzene rings is 7. The molecule has 0 aliphatic heterocycles. The van der Waals surface area contributed by atoms with Crippen LogP contribution in [0.15, 0.2) is 212 Å². The van der Waals surface area contributed by atoms with Crippen molar-refractivity contribution in [1.29, 1.82) is 0 Å². The predicted molar refractivity (Wildman–Crippen MR) is 204 cm³/mol. The van der Waals surface area contributed by atoms with Gasteiger partial charge >= 0.3 is 5.96 Å². The van der Waals surface area contributed by atoms with Gasteiger partial charge in [0.05, 0.1) is 5.69 Å². The first-order valence-corrected chi connectivity index (χ1v) is 16.0. The van der Waals surface area contributed by atoms with Gasteiger partial charge in [-0.3, -0.25) is 5.73 Å². The summed E-state index contributed by atoms with van der Waals surface area (Å²) in [6.45, 7) is 0. The number of hydrogen-bond donors (Lipinski definition) is 2. The zero-order valence-electron chi connectivity index (χ0n) is 26.3. The van der Waals surface area contributed by atoms with Gasteiger partial charge in [0.15, 0.2) is 0 Å². The van der Waals surface area contributed by atoms with Crippen LogP contribution in [-0.4, -0.2) is 12.1 Å². The molecule has 7 rings (SSSR count). The highest BCUT2D eigenvalue weighted by atomic mass is 15.2. The molecule has 0 spiro atoms. The third kappa shape index (κ3) is 7.08. The van der Waals surface area contributed by atoms with E-state index in [0.29, 0.717) is 5.96 Å². The number of nitrogens with zero attached hydrogens (tertiary/aromatic N) is 1. The molecule has 7 aromatic carbocycles. The van der Waals surface area contributed by atoms with Crippen LogP contribution in [0.2, 0.25) is 0 Å². The van der Waals surface area contributed by atoms with Crippen molar-refractivity contribution in [2.75, 3.05) is 5.32 Å². The van der Waals surface area contributed by atoms with Gasteiger partial charge in [-0.15, -0.1) is 0 Å². The maximum Gasteiger partial charge on any atom is 0.358 e. The molecule has 0 bridgehead atoms. The van der Waals surface area contributed by atoms with Crippen LogP contribution in [-0.2, 0) is 0 Å². The molecule has 0 radical (unpaired) electrons. The van der Waals surface area contributed by atoms with E-state index in [0.717, 1.165) is 17.1 Å². The van der Waals surface area contributed by atoms with Gasteiger partial charge in [0.2, 0.25) is 0 Å². The number of para-hydroxylation sites is 3. The summed E-state index contributed by atoms with van der Waals surface area (Å²) < 4.78 is 1.99. The SMILES string of the molecule is NC(Nc1ccccc1)=[N+](c1ccccc1)c1ccccc1.c1ccc([B-](c2ccccc2)(c2ccccc2)c2ccccc2)cc1. The van der Waals surface area contributed by atoms with Crippen LogP contribution in [0.3, 0.4) is 0 Å². The highest BCUT2D eigenvalue weighted by Gasteiger charge is 2.31. The first-order valence-electron chi connectivity index (χ1n) is 16.0. The molecule has 3 nitrogen and oxygen atoms in total. The second-order valence-electron chi connectivity index (χ2n) is 11.4. The van der Waals surface area contributed by atoms with E-state index in [9.17, 15) is 0 Å². The van der Waals surface area contributed by atoms with Gasteiger partial charge in [-0.2, -0.15) is 26.4 Å². The molecule has 3 N–H and O–H groups in total. The zero-order valence-corrected chi connectivity index (χ0v) is 26.3. The zero-order chi connectivity index (χ0) is 32.2. The largest absolute Gasteiger partial charge is 0.358 e. The summed E-state index contributed by atoms with van der Waals surface area (Å²) in [5, 5.41) is 3.26. The maximum atomic E-state index is 6.35. The van der Waals surface area contributed by atoms with Crippen molar-refractivity contribution in [2.24, 2.45) is 5.73 Å². The Morgan fingerprint density at radius 2 is 0.617 bits per heavy atom. The Morgan fingerprint density at radius 3 is 0.915 bits per heavy atom. The van der Waals surface area contributed by atoms with Crippen molar-refractivity contribution >= 4 is 51.0 Å². The summed E-state index contributed by atoms with van der Waals surface area (Å²) in [6, 6.07) is 73.6. The molecular weight excluding hydrogens is 569 g/mol. The van der Waals surface area contributed by atoms with Crippen molar-refractivity contribution in [1.82, 2.24) is 4.58 Å². The van der Waals surface area contributed by atoms with Crippen LogP contribution in [0.4, 0.5) is 17.1 Å². The van der Waals surface area contributed by atoms with E-state index in [1.165, 1.54) is 21.9 Å². The lowest BCUT2D eigenvalue weighted by Crippen LogP contribution is -2.74. The van der Waals surface area contributed by atoms with Gasteiger partial charge in [-0.1, -0.05) is 176 Å². The van der Waals surface area contributed by atoms with Gasteiger partial charge in [0.25, 0.3) is 0 Å². The second kappa shape index (κ2) is 15.2. The molecular formula is C43H38BN3. The van der Waals surface area contributed by atoms with E-state index >= 15 is 0 Å². The molecule has 0 aromatic heterocycles. The van der Waals surface area contributed by atoms with E-state index < -0.39 is 6.15 Å². The quantitative estimate of drug-likeness (QED) is 0.0886. The van der Waals surface area contributed by atoms with Crippen molar-refractivity contribution in [3.8, 4) is 0 Å². The summed E-state index contributed by atoms with van der Waals surface area (Å²) in [6.07, 6.45) is -1.22. The van der Waals surface area contributed by atoms with Crippen LogP contribution >= 0.6 is 0 Å². The third-order valence-electron chi connectivity index (χ3n) is 8.51. The molecule has 0 amide bonds. The molecule has 7 aromatic rings. The lowest BCUT2D eigenvalue weighted by atomic mass is 9.13. The number of nitrogens with one attached hydrogen (secondary N) is 1. The fraction of sp³-hybridized carbons (Fsp3) is 0. The third-order valence-corrected chi connectivity index (χ3v) is 8.51. The Morgan fingerprint density at radius 1 is 0.362 bits per heavy atom. The molecule has 47 heavy (non-hydrogen) atoms. The standard InChI is InChI=1S/C24H20B.C19H17N3/c1-5-13-21(14-6-1)25(22-15-7-2-8-16-22,23-17-9-3-10-18-23)24-19-11-4-12-20-24;20-19(21-16-10-4-1-5-11-16)22(17-12-6-2-7-13-17)18-14-8-3-9-15-18/h1-20H;1-15H,(H2,20,21)/q-1;/p+1. The van der Waals surface area contributed by atoms with Gasteiger partial charge in [0, 0.05) is 0 Å². The maximum absolute atomic E-state index is 6.35. The van der Waals surface area contributed by atoms with Crippen LogP contribution in [0.5, 0.6) is 0 Å². The van der Waals surface area contributed by atoms with Crippen LogP contribution in [0.25, 0.3) is 0 Å². The number of anilines is 1. The fourth-order valence-electron chi connectivity index (χ4n) is 6.43. The topological polar surface area (TPSA) is 41.1 Å². The number of hydrogen-bond acceptors (Lipinski definition) is 0. The number of guanidine groups is 1. The van der Waals surface area contributed by atoms with E-state index in [1.54, 1.807) is 0 Å². The lowest BCUT2D eigenvalue weighted by Gasteiger charge is -2.44. The van der Waals surface area contributed by atoms with E-state index in [-0.39, 0.29) is 0 Å². The van der Waals surface area contributed by atoms with E-state index in [1.807, 2.05) is 95.6 Å². The van der Waals surface area contributed by atoms with Crippen molar-refractivity contribution in [3.63, 3.8) is 0 Å². The van der Waals surface area contributed by atoms with E-state index in [2.05, 4.69) is 127 Å². The first kappa shape index (κ1) is 30.9. The molecule has 0 aliphatic carbocycles. The Kier molecular flexibility index (Phi) is 10.0. The van der Waals surface area contributed by atoms with Crippen LogP contribution in [0, 0.1) is 0 Å². The average molecular weight is 608 g/mol. The molecule has 0 fully saturated rings. The Bertz CT molecular complexity index is 1760. The van der Waals surface area contributed by atoms with Crippen molar-refractivity contribution < 1.29 is 0 Å². The Hall–Kier alpha value is -6.13. The number of nitrogens with two attached hydrogens (primary N) is 1. The summed E-state index contributed by atoms with van der Waals surface area (Å²) in [5.74, 6) is 0.559. The Balaban J connectivity index is 0.000000166. The summed E-state index contributed by atoms with van der Waals surface area (Å²) in [7, 11) is 0. The van der Waals surface area contributed by atoms with Gasteiger partial charge in [0.1, 0.15) is 17.5 Å². The van der Waals surface area contributed by atoms with E-state index in [4.69, 9.17) is 5.73 Å². The predicted octanol–water partition coefficient (Wildman–Crippen LogP) is 7.01. The van der Waals surface area contributed by atoms with Crippen molar-refractivity contribution in [2.45, 2.75) is 0 Å². The molecule has 0 saturated heterocycles. The molecule has 0 saturated carbocycles. The van der Waals surface area contributed by atoms with Gasteiger partial charge in [-0.05, 0) is 36.4 Å². The fourth-order valence-corrected chi connectivity index (χ4v) is 6.43. The minimum Gasteiger partial charge on any atom is -0.290 e. The minimum absolute atomic E-state index is 0.559. The summed E-state index contributed by atoms with van der Waals surface area (Å²) in [5.41, 5.74) is 14.7. The average Bonchev–Trinajstić information content (AvgIpc) is 3.16. The normalized spacial score (nSPS) is 10.6. The monoisotopic (exact) mass is 607 g/mol. The lowest BCUT2D eigenvalue weighted by molar-refractivity contribution is 1.06. The molecule has 228 valence electrons. The van der Waals surface area contributed by atoms with Crippen LogP contribution < -0.4 is 37.5 Å². The Labute approximate surface area is 278 Å². The van der Waals surface area contributed by atoms with Gasteiger partial charge < -0.3 is 0 Å². The summed E-state index contributed by atoms with van der Waals surface area (Å²) in [4.78, 5) is 0. The molecule has 0 unspecified atom stereocenters. The highest BCUT2D eigenvalue weighted by Crippen LogP contribution is 2.20. The first-order chi connectivity index (χ1) is 23.3. The minimum atomic E-state index is -1.22. The van der Waals surface area contributed by atoms with Crippen LogP contribution in [0.1, 0.15) is 0 Å². The van der Waals surface area contributed by atoms with Crippen molar-refractivity contribution in [3.05, 3.63) is 212 Å². The second-order valence-corrected chi connectivity index (χ2v) is 11.4. The van der Waals surface area contributed by atoms with Gasteiger partial charge in [-0.25, -0.2) is 5.32 Å².